The molecule has 0 spiro atoms. The van der Waals surface area contributed by atoms with E-state index >= 15 is 0 Å². The molecule has 0 unspecified atom stereocenters. The molecule has 5 nitrogen and oxygen atoms in total. The molecule has 1 N–H and O–H groups in total. The average molecular weight is 459 g/mol. The number of aryl methyl sites for hydroxylation is 1. The van der Waals surface area contributed by atoms with E-state index in [0.717, 1.165) is 11.3 Å². The Balaban J connectivity index is 1.53. The van der Waals surface area contributed by atoms with Crippen molar-refractivity contribution in [3.05, 3.63) is 107 Å². The van der Waals surface area contributed by atoms with Crippen molar-refractivity contribution in [3.8, 4) is 23.0 Å². The highest BCUT2D eigenvalue weighted by molar-refractivity contribution is 6.31. The van der Waals surface area contributed by atoms with Crippen molar-refractivity contribution in [2.75, 3.05) is 0 Å². The first kappa shape index (κ1) is 22.3. The van der Waals surface area contributed by atoms with Gasteiger partial charge in [-0.3, -0.25) is 4.79 Å². The number of benzene rings is 3. The highest BCUT2D eigenvalue weighted by Gasteiger charge is 2.14. The van der Waals surface area contributed by atoms with Crippen LogP contribution < -0.4 is 5.32 Å². The number of amides is 1. The first-order chi connectivity index (χ1) is 16.0. The molecule has 1 amide bonds. The molecular formula is C26H20ClFN4O. The molecule has 33 heavy (non-hydrogen) atoms. The zero-order valence-corrected chi connectivity index (χ0v) is 18.4. The molecule has 0 aliphatic carbocycles. The predicted molar refractivity (Wildman–Crippen MR) is 125 cm³/mol. The molecule has 0 aliphatic rings. The quantitative estimate of drug-likeness (QED) is 0.400. The molecule has 4 aromatic rings. The molecule has 1 aromatic heterocycles. The van der Waals surface area contributed by atoms with Crippen LogP contribution in [-0.4, -0.2) is 15.7 Å². The standard InChI is InChI=1S/C26H20ClFN4O/c27-24-7-2-1-4-20(24)17-30-26(33)13-10-22-15-25(19-5-3-6-21(28)14-19)32(31-22)23-11-8-18(16-29)9-12-23/h1-9,11-12,14-15H,10,13,17H2,(H,30,33). The molecular weight excluding hydrogens is 439 g/mol. The van der Waals surface area contributed by atoms with Gasteiger partial charge < -0.3 is 5.32 Å². The summed E-state index contributed by atoms with van der Waals surface area (Å²) in [5, 5.41) is 17.2. The fourth-order valence-electron chi connectivity index (χ4n) is 3.45. The molecule has 0 bridgehead atoms. The van der Waals surface area contributed by atoms with Gasteiger partial charge in [0.1, 0.15) is 5.82 Å². The highest BCUT2D eigenvalue weighted by Crippen LogP contribution is 2.25. The minimum Gasteiger partial charge on any atom is -0.352 e. The second-order valence-corrected chi connectivity index (χ2v) is 7.88. The van der Waals surface area contributed by atoms with Gasteiger partial charge in [-0.05, 0) is 54.1 Å². The minimum absolute atomic E-state index is 0.116. The Morgan fingerprint density at radius 2 is 1.85 bits per heavy atom. The van der Waals surface area contributed by atoms with Gasteiger partial charge in [0.2, 0.25) is 5.91 Å². The lowest BCUT2D eigenvalue weighted by molar-refractivity contribution is -0.121. The summed E-state index contributed by atoms with van der Waals surface area (Å²) in [6, 6.07) is 24.6. The molecule has 7 heteroatoms. The molecule has 4 rings (SSSR count). The van der Waals surface area contributed by atoms with Crippen LogP contribution in [0.1, 0.15) is 23.2 Å². The molecule has 164 valence electrons. The van der Waals surface area contributed by atoms with Crippen molar-refractivity contribution in [1.82, 2.24) is 15.1 Å². The molecule has 3 aromatic carbocycles. The van der Waals surface area contributed by atoms with Crippen LogP contribution in [0.4, 0.5) is 4.39 Å². The van der Waals surface area contributed by atoms with Crippen LogP contribution in [0.3, 0.4) is 0 Å². The van der Waals surface area contributed by atoms with Gasteiger partial charge in [-0.1, -0.05) is 41.9 Å². The lowest BCUT2D eigenvalue weighted by Crippen LogP contribution is -2.23. The largest absolute Gasteiger partial charge is 0.352 e. The monoisotopic (exact) mass is 458 g/mol. The SMILES string of the molecule is N#Cc1ccc(-n2nc(CCC(=O)NCc3ccccc3Cl)cc2-c2cccc(F)c2)cc1. The third-order valence-corrected chi connectivity index (χ3v) is 5.53. The Morgan fingerprint density at radius 3 is 2.58 bits per heavy atom. The van der Waals surface area contributed by atoms with Crippen molar-refractivity contribution in [2.45, 2.75) is 19.4 Å². The minimum atomic E-state index is -0.347. The fraction of sp³-hybridized carbons (Fsp3) is 0.115. The van der Waals surface area contributed by atoms with Crippen LogP contribution in [0.15, 0.2) is 78.9 Å². The third kappa shape index (κ3) is 5.46. The van der Waals surface area contributed by atoms with Crippen LogP contribution in [0, 0.1) is 17.1 Å². The molecule has 0 fully saturated rings. The van der Waals surface area contributed by atoms with Crippen LogP contribution in [0.5, 0.6) is 0 Å². The lowest BCUT2D eigenvalue weighted by atomic mass is 10.1. The number of aromatic nitrogens is 2. The van der Waals surface area contributed by atoms with E-state index in [4.69, 9.17) is 16.9 Å². The van der Waals surface area contributed by atoms with E-state index in [1.54, 1.807) is 47.1 Å². The lowest BCUT2D eigenvalue weighted by Gasteiger charge is -2.08. The Morgan fingerprint density at radius 1 is 1.06 bits per heavy atom. The van der Waals surface area contributed by atoms with Gasteiger partial charge in [-0.25, -0.2) is 9.07 Å². The molecule has 0 saturated heterocycles. The number of nitriles is 1. The summed E-state index contributed by atoms with van der Waals surface area (Å²) in [4.78, 5) is 12.4. The van der Waals surface area contributed by atoms with E-state index in [0.29, 0.717) is 40.5 Å². The normalized spacial score (nSPS) is 10.6. The Kier molecular flexibility index (Phi) is 6.82. The predicted octanol–water partition coefficient (Wildman–Crippen LogP) is 5.45. The van der Waals surface area contributed by atoms with Gasteiger partial charge in [0.25, 0.3) is 0 Å². The average Bonchev–Trinajstić information content (AvgIpc) is 3.27. The van der Waals surface area contributed by atoms with Gasteiger partial charge in [0, 0.05) is 30.0 Å². The second-order valence-electron chi connectivity index (χ2n) is 7.47. The van der Waals surface area contributed by atoms with E-state index < -0.39 is 0 Å². The number of nitrogens with zero attached hydrogens (tertiary/aromatic N) is 3. The molecule has 1 heterocycles. The van der Waals surface area contributed by atoms with Crippen molar-refractivity contribution < 1.29 is 9.18 Å². The van der Waals surface area contributed by atoms with Crippen molar-refractivity contribution in [1.29, 1.82) is 5.26 Å². The summed E-state index contributed by atoms with van der Waals surface area (Å²) in [7, 11) is 0. The fourth-order valence-corrected chi connectivity index (χ4v) is 3.65. The summed E-state index contributed by atoms with van der Waals surface area (Å²) in [5.74, 6) is -0.462. The van der Waals surface area contributed by atoms with E-state index in [2.05, 4.69) is 16.5 Å². The number of hydrogen-bond donors (Lipinski definition) is 1. The number of rotatable bonds is 7. The van der Waals surface area contributed by atoms with Gasteiger partial charge >= 0.3 is 0 Å². The van der Waals surface area contributed by atoms with Crippen molar-refractivity contribution in [3.63, 3.8) is 0 Å². The van der Waals surface area contributed by atoms with Gasteiger partial charge in [0.05, 0.1) is 28.7 Å². The van der Waals surface area contributed by atoms with Gasteiger partial charge in [0.15, 0.2) is 0 Å². The van der Waals surface area contributed by atoms with E-state index in [9.17, 15) is 9.18 Å². The topological polar surface area (TPSA) is 70.7 Å². The van der Waals surface area contributed by atoms with Gasteiger partial charge in [-0.15, -0.1) is 0 Å². The van der Waals surface area contributed by atoms with Crippen LogP contribution in [0.2, 0.25) is 5.02 Å². The second kappa shape index (κ2) is 10.1. The summed E-state index contributed by atoms with van der Waals surface area (Å²) in [5.41, 5.74) is 4.20. The number of carbonyl (C=O) groups excluding carboxylic acids is 1. The van der Waals surface area contributed by atoms with Crippen LogP contribution in [0.25, 0.3) is 16.9 Å². The maximum absolute atomic E-state index is 13.9. The highest BCUT2D eigenvalue weighted by atomic mass is 35.5. The molecule has 0 atom stereocenters. The Hall–Kier alpha value is -3.95. The van der Waals surface area contributed by atoms with Crippen LogP contribution >= 0.6 is 11.6 Å². The number of hydrogen-bond acceptors (Lipinski definition) is 3. The third-order valence-electron chi connectivity index (χ3n) is 5.16. The first-order valence-electron chi connectivity index (χ1n) is 10.4. The van der Waals surface area contributed by atoms with Crippen molar-refractivity contribution in [2.24, 2.45) is 0 Å². The van der Waals surface area contributed by atoms with Gasteiger partial charge in [-0.2, -0.15) is 10.4 Å². The van der Waals surface area contributed by atoms with E-state index in [1.807, 2.05) is 24.3 Å². The van der Waals surface area contributed by atoms with E-state index in [-0.39, 0.29) is 18.1 Å². The number of halogens is 2. The van der Waals surface area contributed by atoms with Crippen molar-refractivity contribution >= 4 is 17.5 Å². The summed E-state index contributed by atoms with van der Waals surface area (Å²) >= 11 is 6.14. The zero-order chi connectivity index (χ0) is 23.2. The zero-order valence-electron chi connectivity index (χ0n) is 17.6. The Labute approximate surface area is 196 Å². The number of nitrogens with one attached hydrogen (secondary N) is 1. The smallest absolute Gasteiger partial charge is 0.220 e. The molecule has 0 radical (unpaired) electrons. The first-order valence-corrected chi connectivity index (χ1v) is 10.8. The van der Waals surface area contributed by atoms with E-state index in [1.165, 1.54) is 12.1 Å². The maximum atomic E-state index is 13.9. The summed E-state index contributed by atoms with van der Waals surface area (Å²) < 4.78 is 15.6. The maximum Gasteiger partial charge on any atom is 0.220 e. The summed E-state index contributed by atoms with van der Waals surface area (Å²) in [6.07, 6.45) is 0.664. The summed E-state index contributed by atoms with van der Waals surface area (Å²) in [6.45, 7) is 0.354. The Bertz CT molecular complexity index is 1320. The molecule has 0 saturated carbocycles. The van der Waals surface area contributed by atoms with Crippen LogP contribution in [-0.2, 0) is 17.8 Å². The molecule has 0 aliphatic heterocycles. The number of carbonyl (C=O) groups is 1.